The summed E-state index contributed by atoms with van der Waals surface area (Å²) < 4.78 is 5.72. The molecular formula is C18H24ClN3O2. The summed E-state index contributed by atoms with van der Waals surface area (Å²) in [5.41, 5.74) is 7.31. The van der Waals surface area contributed by atoms with Crippen molar-refractivity contribution < 1.29 is 9.21 Å². The Bertz CT molecular complexity index is 672. The summed E-state index contributed by atoms with van der Waals surface area (Å²) in [7, 11) is 0. The van der Waals surface area contributed by atoms with Crippen molar-refractivity contribution in [1.82, 2.24) is 10.3 Å². The summed E-state index contributed by atoms with van der Waals surface area (Å²) in [6, 6.07) is 9.73. The van der Waals surface area contributed by atoms with Crippen LogP contribution in [0.5, 0.6) is 0 Å². The summed E-state index contributed by atoms with van der Waals surface area (Å²) in [6.07, 6.45) is 4.37. The molecule has 1 aliphatic rings. The average Bonchev–Trinajstić information content (AvgIpc) is 2.98. The zero-order valence-corrected chi connectivity index (χ0v) is 14.6. The van der Waals surface area contributed by atoms with Gasteiger partial charge in [0.1, 0.15) is 0 Å². The molecule has 0 aliphatic heterocycles. The second-order valence-corrected chi connectivity index (χ2v) is 6.16. The normalized spacial score (nSPS) is 20.2. The molecule has 130 valence electrons. The van der Waals surface area contributed by atoms with Crippen molar-refractivity contribution in [2.45, 2.75) is 38.6 Å². The monoisotopic (exact) mass is 349 g/mol. The predicted octanol–water partition coefficient (Wildman–Crippen LogP) is 3.32. The van der Waals surface area contributed by atoms with Crippen LogP contribution in [0.25, 0.3) is 11.5 Å². The molecule has 0 radical (unpaired) electrons. The fourth-order valence-corrected chi connectivity index (χ4v) is 3.23. The highest BCUT2D eigenvalue weighted by molar-refractivity contribution is 5.93. The standard InChI is InChI=1S/C18H23N3O2.ClH/c1-12-16(23-18(20-12)13-7-3-2-4-8-13)17(22)21-15-10-6-5-9-14(15)11-19;/h2-4,7-8,14-15H,5-6,9-11,19H2,1H3,(H,21,22);1H. The van der Waals surface area contributed by atoms with Gasteiger partial charge < -0.3 is 15.5 Å². The number of hydrogen-bond donors (Lipinski definition) is 2. The van der Waals surface area contributed by atoms with Crippen LogP contribution in [-0.4, -0.2) is 23.5 Å². The molecule has 3 rings (SSSR count). The van der Waals surface area contributed by atoms with Gasteiger partial charge in [0.2, 0.25) is 11.7 Å². The summed E-state index contributed by atoms with van der Waals surface area (Å²) in [5.74, 6) is 0.935. The first kappa shape index (κ1) is 18.5. The third-order valence-electron chi connectivity index (χ3n) is 4.55. The minimum Gasteiger partial charge on any atom is -0.431 e. The molecule has 1 saturated carbocycles. The molecule has 1 aromatic heterocycles. The van der Waals surface area contributed by atoms with Gasteiger partial charge in [-0.25, -0.2) is 4.98 Å². The minimum atomic E-state index is -0.192. The molecule has 0 spiro atoms. The first-order valence-corrected chi connectivity index (χ1v) is 8.23. The van der Waals surface area contributed by atoms with Crippen LogP contribution in [0.1, 0.15) is 41.9 Å². The van der Waals surface area contributed by atoms with E-state index in [2.05, 4.69) is 10.3 Å². The van der Waals surface area contributed by atoms with E-state index in [4.69, 9.17) is 10.2 Å². The highest BCUT2D eigenvalue weighted by atomic mass is 35.5. The molecule has 2 unspecified atom stereocenters. The summed E-state index contributed by atoms with van der Waals surface area (Å²) in [6.45, 7) is 2.40. The SMILES string of the molecule is Cc1nc(-c2ccccc2)oc1C(=O)NC1CCCCC1CN.Cl. The number of nitrogens with zero attached hydrogens (tertiary/aromatic N) is 1. The smallest absolute Gasteiger partial charge is 0.289 e. The van der Waals surface area contributed by atoms with Crippen LogP contribution in [-0.2, 0) is 0 Å². The van der Waals surface area contributed by atoms with Crippen LogP contribution in [0, 0.1) is 12.8 Å². The van der Waals surface area contributed by atoms with Gasteiger partial charge in [-0.2, -0.15) is 0 Å². The minimum absolute atomic E-state index is 0. The molecule has 24 heavy (non-hydrogen) atoms. The van der Waals surface area contributed by atoms with E-state index in [1.165, 1.54) is 6.42 Å². The molecule has 0 saturated heterocycles. The Kier molecular flexibility index (Phi) is 6.40. The van der Waals surface area contributed by atoms with Crippen LogP contribution < -0.4 is 11.1 Å². The molecule has 3 N–H and O–H groups in total. The number of aryl methyl sites for hydroxylation is 1. The molecule has 2 atom stereocenters. The van der Waals surface area contributed by atoms with Gasteiger partial charge in [0, 0.05) is 11.6 Å². The summed E-state index contributed by atoms with van der Waals surface area (Å²) in [4.78, 5) is 16.9. The van der Waals surface area contributed by atoms with Gasteiger partial charge >= 0.3 is 0 Å². The van der Waals surface area contributed by atoms with Gasteiger partial charge in [0.25, 0.3) is 5.91 Å². The van der Waals surface area contributed by atoms with Crippen LogP contribution in [0.2, 0.25) is 0 Å². The Morgan fingerprint density at radius 2 is 2.00 bits per heavy atom. The molecular weight excluding hydrogens is 326 g/mol. The molecule has 0 bridgehead atoms. The van der Waals surface area contributed by atoms with E-state index < -0.39 is 0 Å². The third kappa shape index (κ3) is 3.97. The quantitative estimate of drug-likeness (QED) is 0.887. The molecule has 1 aliphatic carbocycles. The second-order valence-electron chi connectivity index (χ2n) is 6.16. The number of nitrogens with two attached hydrogens (primary N) is 1. The van der Waals surface area contributed by atoms with Gasteiger partial charge in [-0.3, -0.25) is 4.79 Å². The lowest BCUT2D eigenvalue weighted by molar-refractivity contribution is 0.0879. The number of benzene rings is 1. The van der Waals surface area contributed by atoms with Gasteiger partial charge in [-0.15, -0.1) is 12.4 Å². The van der Waals surface area contributed by atoms with Crippen molar-refractivity contribution in [2.75, 3.05) is 6.54 Å². The van der Waals surface area contributed by atoms with Crippen molar-refractivity contribution >= 4 is 18.3 Å². The maximum atomic E-state index is 12.6. The predicted molar refractivity (Wildman–Crippen MR) is 96.2 cm³/mol. The molecule has 5 nitrogen and oxygen atoms in total. The highest BCUT2D eigenvalue weighted by Crippen LogP contribution is 2.25. The topological polar surface area (TPSA) is 81.2 Å². The Morgan fingerprint density at radius 1 is 1.29 bits per heavy atom. The number of rotatable bonds is 4. The summed E-state index contributed by atoms with van der Waals surface area (Å²) >= 11 is 0. The van der Waals surface area contributed by atoms with E-state index in [0.717, 1.165) is 24.8 Å². The van der Waals surface area contributed by atoms with E-state index in [0.29, 0.717) is 29.8 Å². The number of hydrogen-bond acceptors (Lipinski definition) is 4. The van der Waals surface area contributed by atoms with Crippen LogP contribution >= 0.6 is 12.4 Å². The Balaban J connectivity index is 0.00000208. The summed E-state index contributed by atoms with van der Waals surface area (Å²) in [5, 5.41) is 3.09. The third-order valence-corrected chi connectivity index (χ3v) is 4.55. The molecule has 1 amide bonds. The van der Waals surface area contributed by atoms with Crippen molar-refractivity contribution in [2.24, 2.45) is 11.7 Å². The van der Waals surface area contributed by atoms with Crippen LogP contribution in [0.4, 0.5) is 0 Å². The van der Waals surface area contributed by atoms with Gasteiger partial charge in [-0.05, 0) is 44.4 Å². The Hall–Kier alpha value is -1.85. The van der Waals surface area contributed by atoms with Crippen LogP contribution in [0.15, 0.2) is 34.7 Å². The molecule has 2 aromatic rings. The number of oxazole rings is 1. The Morgan fingerprint density at radius 3 is 2.71 bits per heavy atom. The zero-order valence-electron chi connectivity index (χ0n) is 13.8. The largest absolute Gasteiger partial charge is 0.431 e. The highest BCUT2D eigenvalue weighted by Gasteiger charge is 2.27. The zero-order chi connectivity index (χ0) is 16.2. The van der Waals surface area contributed by atoms with Crippen molar-refractivity contribution in [3.8, 4) is 11.5 Å². The van der Waals surface area contributed by atoms with E-state index in [1.807, 2.05) is 30.3 Å². The van der Waals surface area contributed by atoms with Gasteiger partial charge in [0.15, 0.2) is 0 Å². The number of carbonyl (C=O) groups is 1. The first-order valence-electron chi connectivity index (χ1n) is 8.23. The lowest BCUT2D eigenvalue weighted by Gasteiger charge is -2.31. The fourth-order valence-electron chi connectivity index (χ4n) is 3.23. The number of aromatic nitrogens is 1. The van der Waals surface area contributed by atoms with E-state index >= 15 is 0 Å². The maximum Gasteiger partial charge on any atom is 0.289 e. The number of nitrogens with one attached hydrogen (secondary N) is 1. The molecule has 1 fully saturated rings. The number of halogens is 1. The first-order chi connectivity index (χ1) is 11.2. The number of amides is 1. The molecule has 1 aromatic carbocycles. The second kappa shape index (κ2) is 8.31. The molecule has 6 heteroatoms. The Labute approximate surface area is 148 Å². The lowest BCUT2D eigenvalue weighted by atomic mass is 9.84. The molecule has 1 heterocycles. The number of carbonyl (C=O) groups excluding carboxylic acids is 1. The van der Waals surface area contributed by atoms with E-state index in [9.17, 15) is 4.79 Å². The van der Waals surface area contributed by atoms with E-state index in [-0.39, 0.29) is 24.4 Å². The average molecular weight is 350 g/mol. The van der Waals surface area contributed by atoms with Gasteiger partial charge in [0.05, 0.1) is 5.69 Å². The van der Waals surface area contributed by atoms with Crippen molar-refractivity contribution in [3.63, 3.8) is 0 Å². The maximum absolute atomic E-state index is 12.6. The fraction of sp³-hybridized carbons (Fsp3) is 0.444. The van der Waals surface area contributed by atoms with Gasteiger partial charge in [-0.1, -0.05) is 31.0 Å². The lowest BCUT2D eigenvalue weighted by Crippen LogP contribution is -2.44. The van der Waals surface area contributed by atoms with Crippen molar-refractivity contribution in [1.29, 1.82) is 0 Å². The van der Waals surface area contributed by atoms with Crippen molar-refractivity contribution in [3.05, 3.63) is 41.8 Å². The van der Waals surface area contributed by atoms with E-state index in [1.54, 1.807) is 6.92 Å². The van der Waals surface area contributed by atoms with Crippen LogP contribution in [0.3, 0.4) is 0 Å².